The van der Waals surface area contributed by atoms with Crippen LogP contribution < -0.4 is 0 Å². The lowest BCUT2D eigenvalue weighted by molar-refractivity contribution is 0.255. The lowest BCUT2D eigenvalue weighted by Gasteiger charge is -2.41. The smallest absolute Gasteiger partial charge is 0.164 e. The first-order valence-electron chi connectivity index (χ1n) is 17.7. The van der Waals surface area contributed by atoms with E-state index in [1.165, 1.54) is 55.6 Å². The van der Waals surface area contributed by atoms with E-state index in [0.717, 1.165) is 29.5 Å². The van der Waals surface area contributed by atoms with Crippen LogP contribution in [0.25, 0.3) is 67.5 Å². The number of rotatable bonds is 4. The summed E-state index contributed by atoms with van der Waals surface area (Å²) in [6, 6.07) is 50.0. The summed E-state index contributed by atoms with van der Waals surface area (Å²) >= 11 is 0. The first kappa shape index (κ1) is 30.4. The van der Waals surface area contributed by atoms with Crippen molar-refractivity contribution in [1.82, 2.24) is 15.0 Å². The third kappa shape index (κ3) is 4.68. The van der Waals surface area contributed by atoms with Crippen molar-refractivity contribution in [3.63, 3.8) is 0 Å². The highest BCUT2D eigenvalue weighted by Gasteiger charge is 2.49. The van der Waals surface area contributed by atoms with Crippen molar-refractivity contribution in [2.75, 3.05) is 0 Å². The molecule has 2 aliphatic carbocycles. The summed E-state index contributed by atoms with van der Waals surface area (Å²) in [6.45, 7) is 9.63. The molecule has 0 amide bonds. The van der Waals surface area contributed by atoms with Gasteiger partial charge >= 0.3 is 0 Å². The first-order chi connectivity index (χ1) is 24.3. The van der Waals surface area contributed by atoms with Crippen molar-refractivity contribution >= 4 is 0 Å². The van der Waals surface area contributed by atoms with E-state index in [0.29, 0.717) is 17.5 Å². The number of aromatic nitrogens is 3. The summed E-state index contributed by atoms with van der Waals surface area (Å²) in [5, 5.41) is 0. The molecule has 7 aromatic rings. The highest BCUT2D eigenvalue weighted by atomic mass is 15.0. The van der Waals surface area contributed by atoms with Crippen LogP contribution in [0.15, 0.2) is 140 Å². The first-order valence-corrected chi connectivity index (χ1v) is 17.7. The fraction of sp³-hybridized carbons (Fsp3) is 0.170. The van der Waals surface area contributed by atoms with Crippen molar-refractivity contribution in [2.24, 2.45) is 5.41 Å². The summed E-state index contributed by atoms with van der Waals surface area (Å²) in [7, 11) is 0. The van der Waals surface area contributed by atoms with Gasteiger partial charge in [0.15, 0.2) is 17.5 Å². The van der Waals surface area contributed by atoms with Gasteiger partial charge in [0.05, 0.1) is 0 Å². The van der Waals surface area contributed by atoms with Crippen LogP contribution in [0.2, 0.25) is 0 Å². The second-order valence-electron chi connectivity index (χ2n) is 14.9. The molecule has 3 nitrogen and oxygen atoms in total. The maximum Gasteiger partial charge on any atom is 0.164 e. The lowest BCUT2D eigenvalue weighted by atomic mass is 9.62. The fourth-order valence-corrected chi connectivity index (χ4v) is 8.26. The Kier molecular flexibility index (Phi) is 6.96. The monoisotopic (exact) mass is 645 g/mol. The van der Waals surface area contributed by atoms with Gasteiger partial charge < -0.3 is 0 Å². The molecule has 0 bridgehead atoms. The molecule has 0 radical (unpaired) electrons. The number of benzene rings is 6. The number of fused-ring (bicyclic) bond motifs is 7. The van der Waals surface area contributed by atoms with E-state index in [1.807, 2.05) is 60.7 Å². The molecule has 1 aromatic heterocycles. The van der Waals surface area contributed by atoms with Gasteiger partial charge in [0.25, 0.3) is 0 Å². The van der Waals surface area contributed by atoms with Gasteiger partial charge in [0.2, 0.25) is 0 Å². The molecule has 242 valence electrons. The predicted octanol–water partition coefficient (Wildman–Crippen LogP) is 11.6. The van der Waals surface area contributed by atoms with E-state index < -0.39 is 0 Å². The van der Waals surface area contributed by atoms with E-state index in [2.05, 4.69) is 107 Å². The van der Waals surface area contributed by atoms with Crippen LogP contribution in [0.4, 0.5) is 0 Å². The zero-order valence-electron chi connectivity index (χ0n) is 29.0. The van der Waals surface area contributed by atoms with Crippen LogP contribution in [0.1, 0.15) is 49.9 Å². The van der Waals surface area contributed by atoms with Gasteiger partial charge in [-0.15, -0.1) is 0 Å². The Balaban J connectivity index is 1.21. The van der Waals surface area contributed by atoms with Crippen molar-refractivity contribution in [3.8, 4) is 67.5 Å². The summed E-state index contributed by atoms with van der Waals surface area (Å²) in [6.07, 6.45) is 2.16. The molecular formula is C47H39N3. The molecule has 0 saturated heterocycles. The second kappa shape index (κ2) is 11.5. The molecule has 50 heavy (non-hydrogen) atoms. The Morgan fingerprint density at radius 3 is 1.54 bits per heavy atom. The van der Waals surface area contributed by atoms with Gasteiger partial charge in [-0.3, -0.25) is 0 Å². The average Bonchev–Trinajstić information content (AvgIpc) is 3.44. The number of hydrogen-bond acceptors (Lipinski definition) is 3. The number of hydrogen-bond donors (Lipinski definition) is 0. The molecule has 0 N–H and O–H groups in total. The molecule has 1 atom stereocenters. The van der Waals surface area contributed by atoms with E-state index in [4.69, 9.17) is 15.0 Å². The molecular weight excluding hydrogens is 607 g/mol. The Morgan fingerprint density at radius 1 is 0.420 bits per heavy atom. The third-order valence-electron chi connectivity index (χ3n) is 11.3. The Bertz CT molecular complexity index is 2350. The molecule has 0 fully saturated rings. The van der Waals surface area contributed by atoms with E-state index in [-0.39, 0.29) is 10.8 Å². The molecule has 0 aliphatic heterocycles. The molecule has 1 heterocycles. The van der Waals surface area contributed by atoms with Gasteiger partial charge in [-0.2, -0.15) is 0 Å². The largest absolute Gasteiger partial charge is 0.208 e. The van der Waals surface area contributed by atoms with Crippen LogP contribution in [-0.4, -0.2) is 15.0 Å². The summed E-state index contributed by atoms with van der Waals surface area (Å²) in [5.74, 6) is 2.00. The highest BCUT2D eigenvalue weighted by molar-refractivity contribution is 6.01. The Morgan fingerprint density at radius 2 is 0.920 bits per heavy atom. The van der Waals surface area contributed by atoms with Crippen LogP contribution >= 0.6 is 0 Å². The standard InChI is InChI=1S/C47H39N3/c1-46(2,3)47(4)38-21-13-20-37(41(38)42-39(47)29-28-32-25-22-30-14-11-12-19-36(30)40(32)42)31-23-26-35(27-24-31)45-49-43(33-15-7-5-8-16-33)48-44(50-45)34-17-9-6-10-18-34/h5-21,23-24,26-29H,22,25H2,1-4H3. The molecule has 0 saturated carbocycles. The zero-order chi connectivity index (χ0) is 34.0. The fourth-order valence-electron chi connectivity index (χ4n) is 8.26. The Hall–Kier alpha value is -5.67. The van der Waals surface area contributed by atoms with Gasteiger partial charge in [0, 0.05) is 22.1 Å². The van der Waals surface area contributed by atoms with Gasteiger partial charge in [-0.05, 0) is 73.9 Å². The molecule has 2 aliphatic rings. The highest BCUT2D eigenvalue weighted by Crippen LogP contribution is 2.62. The minimum absolute atomic E-state index is 0.00348. The summed E-state index contributed by atoms with van der Waals surface area (Å²) in [4.78, 5) is 14.9. The normalized spacial score (nSPS) is 15.9. The van der Waals surface area contributed by atoms with E-state index in [9.17, 15) is 0 Å². The van der Waals surface area contributed by atoms with Gasteiger partial charge in [0.1, 0.15) is 0 Å². The molecule has 3 heteroatoms. The topological polar surface area (TPSA) is 38.7 Å². The molecule has 6 aromatic carbocycles. The Labute approximate surface area is 294 Å². The van der Waals surface area contributed by atoms with Gasteiger partial charge in [-0.25, -0.2) is 15.0 Å². The summed E-state index contributed by atoms with van der Waals surface area (Å²) in [5.41, 5.74) is 16.6. The second-order valence-corrected chi connectivity index (χ2v) is 14.9. The number of nitrogens with zero attached hydrogens (tertiary/aromatic N) is 3. The van der Waals surface area contributed by atoms with Crippen LogP contribution in [0, 0.1) is 5.41 Å². The maximum atomic E-state index is 4.98. The summed E-state index contributed by atoms with van der Waals surface area (Å²) < 4.78 is 0. The average molecular weight is 646 g/mol. The molecule has 9 rings (SSSR count). The predicted molar refractivity (Wildman–Crippen MR) is 206 cm³/mol. The SMILES string of the molecule is CC(C)(C)C1(C)c2cccc(-c3ccc(-c4nc(-c5ccccc5)nc(-c5ccccc5)n4)cc3)c2-c2c1ccc1c2-c2ccccc2CC1. The van der Waals surface area contributed by atoms with Crippen LogP contribution in [-0.2, 0) is 18.3 Å². The molecule has 0 spiro atoms. The quantitative estimate of drug-likeness (QED) is 0.191. The number of aryl methyl sites for hydroxylation is 2. The van der Waals surface area contributed by atoms with Crippen molar-refractivity contribution < 1.29 is 0 Å². The molecule has 1 unspecified atom stereocenters. The lowest BCUT2D eigenvalue weighted by Crippen LogP contribution is -2.36. The van der Waals surface area contributed by atoms with Crippen molar-refractivity contribution in [1.29, 1.82) is 0 Å². The van der Waals surface area contributed by atoms with Crippen LogP contribution in [0.5, 0.6) is 0 Å². The van der Waals surface area contributed by atoms with Gasteiger partial charge in [-0.1, -0.05) is 167 Å². The third-order valence-corrected chi connectivity index (χ3v) is 11.3. The van der Waals surface area contributed by atoms with Crippen molar-refractivity contribution in [3.05, 3.63) is 162 Å². The van der Waals surface area contributed by atoms with E-state index in [1.54, 1.807) is 0 Å². The zero-order valence-corrected chi connectivity index (χ0v) is 29.0. The van der Waals surface area contributed by atoms with Crippen molar-refractivity contribution in [2.45, 2.75) is 46.0 Å². The van der Waals surface area contributed by atoms with Crippen LogP contribution in [0.3, 0.4) is 0 Å². The maximum absolute atomic E-state index is 4.98. The minimum Gasteiger partial charge on any atom is -0.208 e. The minimum atomic E-state index is -0.151. The van der Waals surface area contributed by atoms with E-state index >= 15 is 0 Å².